The largest absolute Gasteiger partial charge is 1.00 e. The van der Waals surface area contributed by atoms with Crippen molar-refractivity contribution in [3.8, 4) is 0 Å². The molecule has 0 aromatic carbocycles. The van der Waals surface area contributed by atoms with E-state index in [4.69, 9.17) is 15.3 Å². The molecule has 9 heteroatoms. The number of unbranched alkanes of at least 4 members (excludes halogenated alkanes) is 18. The number of nitrogens with zero attached hydrogens (tertiary/aromatic N) is 5. The van der Waals surface area contributed by atoms with E-state index in [0.29, 0.717) is 0 Å². The molecule has 8 nitrogen and oxygen atoms in total. The van der Waals surface area contributed by atoms with Gasteiger partial charge in [-0.1, -0.05) is 129 Å². The average molecular weight is 643 g/mol. The zero-order chi connectivity index (χ0) is 27.9. The second-order valence-electron chi connectivity index (χ2n) is 10.2. The second-order valence-corrected chi connectivity index (χ2v) is 10.2. The maximum atomic E-state index is 8.25. The fourth-order valence-corrected chi connectivity index (χ4v) is 4.40. The number of hydrogen-bond donors (Lipinski definition) is 0. The number of hydrogen-bond acceptors (Lipinski definition) is 5. The van der Waals surface area contributed by atoms with Crippen LogP contribution >= 0.6 is 0 Å². The molecule has 0 amide bonds. The third kappa shape index (κ3) is 32.5. The molecule has 0 radical (unpaired) electrons. The van der Waals surface area contributed by atoms with Gasteiger partial charge in [-0.3, -0.25) is 0 Å². The van der Waals surface area contributed by atoms with E-state index in [1.54, 1.807) is 0 Å². The van der Waals surface area contributed by atoms with Crippen molar-refractivity contribution in [1.82, 2.24) is 19.1 Å². The van der Waals surface area contributed by atoms with Gasteiger partial charge in [0.2, 0.25) is 0 Å². The Bertz CT molecular complexity index is 641. The van der Waals surface area contributed by atoms with Gasteiger partial charge in [-0.15, -0.1) is 0 Å². The standard InChI is InChI=1S/2C15H28N2.Ag.NO3/c2*1-2-3-4-5-6-7-8-9-10-11-13-17-14-12-16-15-17;;2-1(3)4/h2*12,14-15H,2-11,13H2,1H3;;/q;;+1;-1. The maximum absolute atomic E-state index is 8.25. The molecule has 39 heavy (non-hydrogen) atoms. The molecule has 2 aromatic rings. The van der Waals surface area contributed by atoms with E-state index in [0.717, 1.165) is 13.1 Å². The summed E-state index contributed by atoms with van der Waals surface area (Å²) in [4.78, 5) is 16.3. The van der Waals surface area contributed by atoms with Crippen LogP contribution in [-0.2, 0) is 35.5 Å². The fourth-order valence-electron chi connectivity index (χ4n) is 4.40. The molecule has 2 aromatic heterocycles. The zero-order valence-corrected chi connectivity index (χ0v) is 26.3. The molecular weight excluding hydrogens is 586 g/mol. The minimum atomic E-state index is -1.75. The smallest absolute Gasteiger partial charge is 0.356 e. The molecule has 2 rings (SSSR count). The van der Waals surface area contributed by atoms with Gasteiger partial charge in [0.05, 0.1) is 17.7 Å². The van der Waals surface area contributed by atoms with Crippen LogP contribution in [0.1, 0.15) is 142 Å². The molecule has 0 fully saturated rings. The summed E-state index contributed by atoms with van der Waals surface area (Å²) in [5.41, 5.74) is 0. The van der Waals surface area contributed by atoms with Crippen LogP contribution in [0.3, 0.4) is 0 Å². The third-order valence-corrected chi connectivity index (χ3v) is 6.66. The summed E-state index contributed by atoms with van der Waals surface area (Å²) in [5, 5.41) is 14.8. The van der Waals surface area contributed by atoms with Gasteiger partial charge in [0.25, 0.3) is 0 Å². The molecule has 0 bridgehead atoms. The van der Waals surface area contributed by atoms with Crippen molar-refractivity contribution in [2.75, 3.05) is 0 Å². The Labute approximate surface area is 254 Å². The first-order chi connectivity index (χ1) is 18.6. The topological polar surface area (TPSA) is 102 Å². The van der Waals surface area contributed by atoms with E-state index in [1.165, 1.54) is 128 Å². The Kier molecular flexibility index (Phi) is 33.0. The van der Waals surface area contributed by atoms with Crippen molar-refractivity contribution in [1.29, 1.82) is 0 Å². The Morgan fingerprint density at radius 1 is 0.538 bits per heavy atom. The van der Waals surface area contributed by atoms with Gasteiger partial charge < -0.3 is 24.5 Å². The van der Waals surface area contributed by atoms with Crippen LogP contribution in [0.15, 0.2) is 37.4 Å². The fraction of sp³-hybridized carbons (Fsp3) is 0.800. The first-order valence-electron chi connectivity index (χ1n) is 15.3. The van der Waals surface area contributed by atoms with Gasteiger partial charge in [-0.05, 0) is 12.8 Å². The van der Waals surface area contributed by atoms with Crippen LogP contribution in [-0.4, -0.2) is 24.2 Å². The van der Waals surface area contributed by atoms with E-state index in [-0.39, 0.29) is 22.4 Å². The number of aryl methyl sites for hydroxylation is 2. The summed E-state index contributed by atoms with van der Waals surface area (Å²) in [6, 6.07) is 0. The Balaban J connectivity index is 0. The predicted octanol–water partition coefficient (Wildman–Crippen LogP) is 9.37. The van der Waals surface area contributed by atoms with E-state index in [2.05, 4.69) is 32.9 Å². The molecule has 0 unspecified atom stereocenters. The van der Waals surface area contributed by atoms with E-state index in [9.17, 15) is 0 Å². The molecule has 230 valence electrons. The summed E-state index contributed by atoms with van der Waals surface area (Å²) in [5.74, 6) is 0. The normalized spacial score (nSPS) is 10.1. The minimum Gasteiger partial charge on any atom is -0.356 e. The van der Waals surface area contributed by atoms with Crippen molar-refractivity contribution in [3.63, 3.8) is 0 Å². The molecule has 2 heterocycles. The van der Waals surface area contributed by atoms with Gasteiger partial charge in [-0.25, -0.2) is 9.97 Å². The van der Waals surface area contributed by atoms with E-state index >= 15 is 0 Å². The first kappa shape index (κ1) is 39.5. The van der Waals surface area contributed by atoms with Gasteiger partial charge in [0.1, 0.15) is 0 Å². The Morgan fingerprint density at radius 3 is 1.03 bits per heavy atom. The molecule has 0 saturated carbocycles. The quantitative estimate of drug-likeness (QED) is 0.0551. The Hall–Kier alpha value is -1.64. The van der Waals surface area contributed by atoms with Crippen molar-refractivity contribution in [2.24, 2.45) is 0 Å². The molecule has 0 saturated heterocycles. The number of aromatic nitrogens is 4. The summed E-state index contributed by atoms with van der Waals surface area (Å²) >= 11 is 0. The minimum absolute atomic E-state index is 0. The van der Waals surface area contributed by atoms with Gasteiger partial charge >= 0.3 is 22.4 Å². The molecule has 0 aliphatic heterocycles. The second kappa shape index (κ2) is 32.6. The number of rotatable bonds is 22. The van der Waals surface area contributed by atoms with Crippen LogP contribution in [0, 0.1) is 15.3 Å². The van der Waals surface area contributed by atoms with Gasteiger partial charge in [0.15, 0.2) is 0 Å². The molecule has 0 atom stereocenters. The first-order valence-corrected chi connectivity index (χ1v) is 15.3. The molecule has 0 spiro atoms. The molecular formula is C30H56AgN5O3. The van der Waals surface area contributed by atoms with Crippen molar-refractivity contribution < 1.29 is 27.5 Å². The predicted molar refractivity (Wildman–Crippen MR) is 159 cm³/mol. The third-order valence-electron chi connectivity index (χ3n) is 6.66. The van der Waals surface area contributed by atoms with Crippen LogP contribution in [0.25, 0.3) is 0 Å². The van der Waals surface area contributed by atoms with Crippen LogP contribution < -0.4 is 0 Å². The monoisotopic (exact) mass is 641 g/mol. The summed E-state index contributed by atoms with van der Waals surface area (Å²) in [6.07, 6.45) is 39.7. The Morgan fingerprint density at radius 2 is 0.795 bits per heavy atom. The molecule has 0 N–H and O–H groups in total. The molecule has 0 aliphatic rings. The van der Waals surface area contributed by atoms with Crippen molar-refractivity contribution >= 4 is 0 Å². The van der Waals surface area contributed by atoms with E-state index in [1.807, 2.05) is 37.4 Å². The summed E-state index contributed by atoms with van der Waals surface area (Å²) in [6.45, 7) is 6.83. The van der Waals surface area contributed by atoms with E-state index < -0.39 is 5.09 Å². The average Bonchev–Trinajstić information content (AvgIpc) is 3.61. The van der Waals surface area contributed by atoms with Gasteiger partial charge in [0, 0.05) is 37.9 Å². The van der Waals surface area contributed by atoms with Crippen molar-refractivity contribution in [2.45, 2.75) is 155 Å². The maximum Gasteiger partial charge on any atom is 1.00 e. The summed E-state index contributed by atoms with van der Waals surface area (Å²) in [7, 11) is 0. The zero-order valence-electron chi connectivity index (χ0n) is 24.8. The van der Waals surface area contributed by atoms with Crippen LogP contribution in [0.4, 0.5) is 0 Å². The summed E-state index contributed by atoms with van der Waals surface area (Å²) < 4.78 is 4.34. The van der Waals surface area contributed by atoms with Crippen LogP contribution in [0.2, 0.25) is 0 Å². The SMILES string of the molecule is CCCCCCCCCCCCn1ccnc1.CCCCCCCCCCCCn1ccnc1.O=[N+]([O-])[O-].[Ag+]. The van der Waals surface area contributed by atoms with Crippen LogP contribution in [0.5, 0.6) is 0 Å². The van der Waals surface area contributed by atoms with Crippen molar-refractivity contribution in [3.05, 3.63) is 52.8 Å². The number of imidazole rings is 2. The van der Waals surface area contributed by atoms with Gasteiger partial charge in [-0.2, -0.15) is 0 Å². The molecule has 0 aliphatic carbocycles.